The Labute approximate surface area is 77.2 Å². The number of alkyl halides is 2. The van der Waals surface area contributed by atoms with Gasteiger partial charge in [0, 0.05) is 11.8 Å². The van der Waals surface area contributed by atoms with Crippen LogP contribution < -0.4 is 0 Å². The van der Waals surface area contributed by atoms with Crippen LogP contribution in [0.1, 0.15) is 28.0 Å². The van der Waals surface area contributed by atoms with Crippen LogP contribution >= 0.6 is 0 Å². The lowest BCUT2D eigenvalue weighted by Crippen LogP contribution is -2.10. The molecule has 0 amide bonds. The SMILES string of the molecule is Cc1cnc(C(F)F)c(C(=O)O)c1F. The maximum Gasteiger partial charge on any atom is 0.340 e. The monoisotopic (exact) mass is 205 g/mol. The van der Waals surface area contributed by atoms with Gasteiger partial charge in [0.05, 0.1) is 0 Å². The highest BCUT2D eigenvalue weighted by molar-refractivity contribution is 5.89. The zero-order valence-electron chi connectivity index (χ0n) is 7.09. The number of aryl methyl sites for hydroxylation is 1. The van der Waals surface area contributed by atoms with Crippen molar-refractivity contribution in [3.63, 3.8) is 0 Å². The normalized spacial score (nSPS) is 10.6. The minimum absolute atomic E-state index is 0.0770. The minimum Gasteiger partial charge on any atom is -0.478 e. The molecule has 6 heteroatoms. The number of carbonyl (C=O) groups is 1. The quantitative estimate of drug-likeness (QED) is 0.804. The van der Waals surface area contributed by atoms with E-state index in [1.807, 2.05) is 0 Å². The van der Waals surface area contributed by atoms with Gasteiger partial charge < -0.3 is 5.11 Å². The molecule has 1 rings (SSSR count). The van der Waals surface area contributed by atoms with E-state index < -0.39 is 29.5 Å². The molecular formula is C8H6F3NO2. The highest BCUT2D eigenvalue weighted by Crippen LogP contribution is 2.24. The smallest absolute Gasteiger partial charge is 0.340 e. The Hall–Kier alpha value is -1.59. The summed E-state index contributed by atoms with van der Waals surface area (Å²) in [4.78, 5) is 13.7. The van der Waals surface area contributed by atoms with Crippen molar-refractivity contribution >= 4 is 5.97 Å². The predicted octanol–water partition coefficient (Wildman–Crippen LogP) is 2.16. The van der Waals surface area contributed by atoms with Crippen LogP contribution in [-0.4, -0.2) is 16.1 Å². The van der Waals surface area contributed by atoms with Crippen molar-refractivity contribution in [2.75, 3.05) is 0 Å². The molecule has 0 aliphatic carbocycles. The van der Waals surface area contributed by atoms with E-state index in [9.17, 15) is 18.0 Å². The van der Waals surface area contributed by atoms with E-state index in [0.717, 1.165) is 6.20 Å². The molecule has 0 radical (unpaired) electrons. The van der Waals surface area contributed by atoms with E-state index in [-0.39, 0.29) is 5.56 Å². The Morgan fingerprint density at radius 3 is 2.57 bits per heavy atom. The van der Waals surface area contributed by atoms with Gasteiger partial charge in [-0.3, -0.25) is 4.98 Å². The standard InChI is InChI=1S/C8H6F3NO2/c1-3-2-12-6(7(10)11)4(5(3)9)8(13)14/h2,7H,1H3,(H,13,14). The molecule has 0 aliphatic heterocycles. The molecule has 0 unspecified atom stereocenters. The largest absolute Gasteiger partial charge is 0.478 e. The summed E-state index contributed by atoms with van der Waals surface area (Å²) in [5.41, 5.74) is -2.17. The molecule has 76 valence electrons. The number of hydrogen-bond donors (Lipinski definition) is 1. The minimum atomic E-state index is -3.10. The molecule has 3 nitrogen and oxygen atoms in total. The highest BCUT2D eigenvalue weighted by Gasteiger charge is 2.24. The van der Waals surface area contributed by atoms with Gasteiger partial charge in [0.1, 0.15) is 17.1 Å². The zero-order chi connectivity index (χ0) is 10.9. The van der Waals surface area contributed by atoms with E-state index in [2.05, 4.69) is 4.98 Å². The van der Waals surface area contributed by atoms with Crippen molar-refractivity contribution in [1.82, 2.24) is 4.98 Å². The lowest BCUT2D eigenvalue weighted by atomic mass is 10.1. The van der Waals surface area contributed by atoms with E-state index in [1.165, 1.54) is 6.92 Å². The Balaban J connectivity index is 3.45. The van der Waals surface area contributed by atoms with E-state index >= 15 is 0 Å². The van der Waals surface area contributed by atoms with Gasteiger partial charge in [-0.1, -0.05) is 0 Å². The second-order valence-corrected chi connectivity index (χ2v) is 2.62. The van der Waals surface area contributed by atoms with Crippen molar-refractivity contribution in [2.45, 2.75) is 13.3 Å². The van der Waals surface area contributed by atoms with Crippen molar-refractivity contribution in [3.05, 3.63) is 28.8 Å². The Bertz CT molecular complexity index is 379. The summed E-state index contributed by atoms with van der Waals surface area (Å²) in [5, 5.41) is 8.51. The third-order valence-electron chi connectivity index (χ3n) is 1.64. The topological polar surface area (TPSA) is 50.2 Å². The number of carboxylic acid groups (broad SMARTS) is 1. The van der Waals surface area contributed by atoms with Gasteiger partial charge in [-0.15, -0.1) is 0 Å². The van der Waals surface area contributed by atoms with Gasteiger partial charge >= 0.3 is 5.97 Å². The van der Waals surface area contributed by atoms with Crippen LogP contribution in [0.2, 0.25) is 0 Å². The summed E-state index contributed by atoms with van der Waals surface area (Å²) >= 11 is 0. The van der Waals surface area contributed by atoms with Crippen LogP contribution in [0.3, 0.4) is 0 Å². The number of carboxylic acids is 1. The van der Waals surface area contributed by atoms with Crippen LogP contribution in [0.25, 0.3) is 0 Å². The fourth-order valence-electron chi connectivity index (χ4n) is 0.966. The summed E-state index contributed by atoms with van der Waals surface area (Å²) in [6.45, 7) is 1.25. The maximum absolute atomic E-state index is 13.1. The lowest BCUT2D eigenvalue weighted by Gasteiger charge is -2.06. The van der Waals surface area contributed by atoms with Crippen molar-refractivity contribution in [2.24, 2.45) is 0 Å². The number of hydrogen-bond acceptors (Lipinski definition) is 2. The maximum atomic E-state index is 13.1. The van der Waals surface area contributed by atoms with Crippen molar-refractivity contribution in [3.8, 4) is 0 Å². The van der Waals surface area contributed by atoms with Crippen LogP contribution in [0.5, 0.6) is 0 Å². The molecule has 0 fully saturated rings. The number of rotatable bonds is 2. The molecule has 0 spiro atoms. The average molecular weight is 205 g/mol. The summed E-state index contributed by atoms with van der Waals surface area (Å²) in [5.74, 6) is -2.91. The fourth-order valence-corrected chi connectivity index (χ4v) is 0.966. The number of halogens is 3. The molecule has 1 heterocycles. The molecule has 14 heavy (non-hydrogen) atoms. The molecule has 0 aromatic carbocycles. The summed E-state index contributed by atoms with van der Waals surface area (Å²) in [6.07, 6.45) is -2.22. The molecule has 0 saturated heterocycles. The van der Waals surface area contributed by atoms with Gasteiger partial charge in [-0.05, 0) is 6.92 Å². The number of pyridine rings is 1. The van der Waals surface area contributed by atoms with E-state index in [4.69, 9.17) is 5.11 Å². The van der Waals surface area contributed by atoms with Gasteiger partial charge in [-0.2, -0.15) is 0 Å². The molecule has 0 saturated carbocycles. The average Bonchev–Trinajstić information content (AvgIpc) is 2.08. The molecule has 1 aromatic heterocycles. The predicted molar refractivity (Wildman–Crippen MR) is 40.8 cm³/mol. The van der Waals surface area contributed by atoms with Gasteiger partial charge in [0.25, 0.3) is 6.43 Å². The van der Waals surface area contributed by atoms with Crippen LogP contribution in [0, 0.1) is 12.7 Å². The van der Waals surface area contributed by atoms with Crippen molar-refractivity contribution < 1.29 is 23.1 Å². The van der Waals surface area contributed by atoms with E-state index in [1.54, 1.807) is 0 Å². The number of aromatic carboxylic acids is 1. The van der Waals surface area contributed by atoms with Crippen LogP contribution in [0.4, 0.5) is 13.2 Å². The summed E-state index contributed by atoms with van der Waals surface area (Å²) < 4.78 is 37.5. The number of aromatic nitrogens is 1. The molecule has 0 bridgehead atoms. The summed E-state index contributed by atoms with van der Waals surface area (Å²) in [7, 11) is 0. The molecule has 1 N–H and O–H groups in total. The lowest BCUT2D eigenvalue weighted by molar-refractivity contribution is 0.0675. The second kappa shape index (κ2) is 3.65. The molecule has 1 aromatic rings. The Morgan fingerprint density at radius 2 is 2.14 bits per heavy atom. The van der Waals surface area contributed by atoms with Crippen LogP contribution in [0.15, 0.2) is 6.20 Å². The third-order valence-corrected chi connectivity index (χ3v) is 1.64. The van der Waals surface area contributed by atoms with Gasteiger partial charge in [-0.25, -0.2) is 18.0 Å². The molecular weight excluding hydrogens is 199 g/mol. The van der Waals surface area contributed by atoms with Gasteiger partial charge in [0.15, 0.2) is 0 Å². The molecule has 0 atom stereocenters. The zero-order valence-corrected chi connectivity index (χ0v) is 7.09. The summed E-state index contributed by atoms with van der Waals surface area (Å²) in [6, 6.07) is 0. The first kappa shape index (κ1) is 10.5. The first-order chi connectivity index (χ1) is 6.45. The fraction of sp³-hybridized carbons (Fsp3) is 0.250. The van der Waals surface area contributed by atoms with E-state index in [0.29, 0.717) is 0 Å². The highest BCUT2D eigenvalue weighted by atomic mass is 19.3. The first-order valence-electron chi connectivity index (χ1n) is 3.61. The Morgan fingerprint density at radius 1 is 1.57 bits per heavy atom. The van der Waals surface area contributed by atoms with Gasteiger partial charge in [0.2, 0.25) is 0 Å². The Kier molecular flexibility index (Phi) is 2.73. The van der Waals surface area contributed by atoms with Crippen LogP contribution in [-0.2, 0) is 0 Å². The third kappa shape index (κ3) is 1.68. The molecule has 0 aliphatic rings. The first-order valence-corrected chi connectivity index (χ1v) is 3.61. The second-order valence-electron chi connectivity index (χ2n) is 2.62. The van der Waals surface area contributed by atoms with Crippen molar-refractivity contribution in [1.29, 1.82) is 0 Å². The number of nitrogens with zero attached hydrogens (tertiary/aromatic N) is 1.